The van der Waals surface area contributed by atoms with E-state index >= 15 is 0 Å². The van der Waals surface area contributed by atoms with Gasteiger partial charge in [-0.15, -0.1) is 0 Å². The van der Waals surface area contributed by atoms with Crippen molar-refractivity contribution in [3.63, 3.8) is 0 Å². The van der Waals surface area contributed by atoms with Crippen LogP contribution in [-0.2, 0) is 21.3 Å². The fraction of sp³-hybridized carbons (Fsp3) is 0.500. The number of aryl methyl sites for hydroxylation is 1. The Morgan fingerprint density at radius 1 is 1.24 bits per heavy atom. The van der Waals surface area contributed by atoms with Gasteiger partial charge in [0.15, 0.2) is 0 Å². The van der Waals surface area contributed by atoms with Gasteiger partial charge in [-0.05, 0) is 30.5 Å². The van der Waals surface area contributed by atoms with Gasteiger partial charge >= 0.3 is 35.5 Å². The SMILES string of the molecule is CCCCCC(=O)Oc1cc(CC)ccc1S(=O)(=O)[O-].[Na+]. The molecule has 1 aromatic carbocycles. The maximum Gasteiger partial charge on any atom is 1.00 e. The second-order valence-electron chi connectivity index (χ2n) is 4.52. The van der Waals surface area contributed by atoms with Gasteiger partial charge in [0, 0.05) is 6.42 Å². The number of benzene rings is 1. The fourth-order valence-electron chi connectivity index (χ4n) is 1.75. The van der Waals surface area contributed by atoms with E-state index in [1.807, 2.05) is 13.8 Å². The second kappa shape index (κ2) is 9.58. The van der Waals surface area contributed by atoms with Crippen molar-refractivity contribution in [3.8, 4) is 5.75 Å². The number of ether oxygens (including phenoxy) is 1. The van der Waals surface area contributed by atoms with Crippen molar-refractivity contribution in [1.29, 1.82) is 0 Å². The van der Waals surface area contributed by atoms with E-state index in [-0.39, 0.29) is 41.7 Å². The summed E-state index contributed by atoms with van der Waals surface area (Å²) in [7, 11) is -4.66. The third-order valence-corrected chi connectivity index (χ3v) is 3.77. The van der Waals surface area contributed by atoms with Gasteiger partial charge in [-0.25, -0.2) is 8.42 Å². The monoisotopic (exact) mass is 322 g/mol. The molecule has 7 heteroatoms. The average Bonchev–Trinajstić information content (AvgIpc) is 2.37. The maximum atomic E-state index is 11.6. The van der Waals surface area contributed by atoms with Crippen LogP contribution in [0.4, 0.5) is 0 Å². The molecule has 0 N–H and O–H groups in total. The summed E-state index contributed by atoms with van der Waals surface area (Å²) >= 11 is 0. The largest absolute Gasteiger partial charge is 1.00 e. The molecule has 0 fully saturated rings. The molecule has 1 aromatic rings. The number of rotatable bonds is 7. The first-order valence-electron chi connectivity index (χ1n) is 6.68. The molecular formula is C14H19NaO5S. The summed E-state index contributed by atoms with van der Waals surface area (Å²) in [6, 6.07) is 4.16. The summed E-state index contributed by atoms with van der Waals surface area (Å²) in [5.41, 5.74) is 0.800. The van der Waals surface area contributed by atoms with Gasteiger partial charge in [0.1, 0.15) is 15.9 Å². The van der Waals surface area contributed by atoms with E-state index in [1.54, 1.807) is 6.07 Å². The summed E-state index contributed by atoms with van der Waals surface area (Å²) in [6.07, 6.45) is 3.42. The summed E-state index contributed by atoms with van der Waals surface area (Å²) in [4.78, 5) is 11.2. The molecule has 0 saturated carbocycles. The van der Waals surface area contributed by atoms with E-state index in [4.69, 9.17) is 4.74 Å². The first-order valence-corrected chi connectivity index (χ1v) is 8.08. The first-order chi connectivity index (χ1) is 9.38. The third-order valence-electron chi connectivity index (χ3n) is 2.89. The molecule has 5 nitrogen and oxygen atoms in total. The molecule has 0 amide bonds. The molecule has 0 bridgehead atoms. The van der Waals surface area contributed by atoms with Crippen molar-refractivity contribution in [1.82, 2.24) is 0 Å². The quantitative estimate of drug-likeness (QED) is 0.225. The molecule has 0 aliphatic carbocycles. The minimum atomic E-state index is -4.66. The van der Waals surface area contributed by atoms with Crippen molar-refractivity contribution in [2.75, 3.05) is 0 Å². The zero-order chi connectivity index (χ0) is 15.2. The Labute approximate surface area is 148 Å². The Hall–Kier alpha value is -0.400. The standard InChI is InChI=1S/C14H20O5S.Na/c1-3-5-6-7-14(15)19-12-10-11(4-2)8-9-13(12)20(16,17)18;/h8-10H,3-7H2,1-2H3,(H,16,17,18);/q;+1/p-1. The van der Waals surface area contributed by atoms with Gasteiger partial charge in [-0.3, -0.25) is 4.79 Å². The molecule has 21 heavy (non-hydrogen) atoms. The van der Waals surface area contributed by atoms with Crippen molar-refractivity contribution in [2.24, 2.45) is 0 Å². The number of unbranched alkanes of at least 4 members (excludes halogenated alkanes) is 2. The van der Waals surface area contributed by atoms with Crippen LogP contribution in [-0.4, -0.2) is 18.9 Å². The number of hydrogen-bond donors (Lipinski definition) is 0. The van der Waals surface area contributed by atoms with Crippen LogP contribution in [0.25, 0.3) is 0 Å². The molecular weight excluding hydrogens is 303 g/mol. The molecule has 0 atom stereocenters. The summed E-state index contributed by atoms with van der Waals surface area (Å²) in [5.74, 6) is -0.683. The summed E-state index contributed by atoms with van der Waals surface area (Å²) in [6.45, 7) is 3.89. The molecule has 0 saturated heterocycles. The smallest absolute Gasteiger partial charge is 0.744 e. The van der Waals surface area contributed by atoms with E-state index in [0.29, 0.717) is 12.8 Å². The third kappa shape index (κ3) is 6.93. The van der Waals surface area contributed by atoms with E-state index in [9.17, 15) is 17.8 Å². The van der Waals surface area contributed by atoms with Crippen molar-refractivity contribution >= 4 is 16.1 Å². The normalized spacial score (nSPS) is 10.8. The van der Waals surface area contributed by atoms with Crippen LogP contribution < -0.4 is 34.3 Å². The van der Waals surface area contributed by atoms with Crippen LogP contribution in [0.1, 0.15) is 45.1 Å². The fourth-order valence-corrected chi connectivity index (χ4v) is 2.33. The summed E-state index contributed by atoms with van der Waals surface area (Å²) < 4.78 is 38.5. The van der Waals surface area contributed by atoms with E-state index in [1.165, 1.54) is 12.1 Å². The van der Waals surface area contributed by atoms with Gasteiger partial charge in [0.25, 0.3) is 0 Å². The Morgan fingerprint density at radius 3 is 2.43 bits per heavy atom. The van der Waals surface area contributed by atoms with E-state index in [2.05, 4.69) is 0 Å². The van der Waals surface area contributed by atoms with Crippen LogP contribution in [0.15, 0.2) is 23.1 Å². The molecule has 0 aliphatic heterocycles. The molecule has 0 aromatic heterocycles. The van der Waals surface area contributed by atoms with Gasteiger partial charge in [0.2, 0.25) is 0 Å². The van der Waals surface area contributed by atoms with E-state index < -0.39 is 21.0 Å². The van der Waals surface area contributed by atoms with Gasteiger partial charge < -0.3 is 9.29 Å². The zero-order valence-electron chi connectivity index (χ0n) is 12.7. The van der Waals surface area contributed by atoms with Gasteiger partial charge in [0.05, 0.1) is 4.90 Å². The summed E-state index contributed by atoms with van der Waals surface area (Å²) in [5, 5.41) is 0. The van der Waals surface area contributed by atoms with Crippen molar-refractivity contribution < 1.29 is 52.1 Å². The van der Waals surface area contributed by atoms with Crippen LogP contribution in [0.5, 0.6) is 5.75 Å². The van der Waals surface area contributed by atoms with Crippen molar-refractivity contribution in [2.45, 2.75) is 50.8 Å². The maximum absolute atomic E-state index is 11.6. The zero-order valence-corrected chi connectivity index (χ0v) is 15.5. The molecule has 0 unspecified atom stereocenters. The van der Waals surface area contributed by atoms with E-state index in [0.717, 1.165) is 18.4 Å². The van der Waals surface area contributed by atoms with Gasteiger partial charge in [-0.1, -0.05) is 32.8 Å². The Kier molecular flexibility index (Phi) is 9.40. The average molecular weight is 322 g/mol. The Balaban J connectivity index is 0.00000400. The molecule has 0 spiro atoms. The molecule has 0 radical (unpaired) electrons. The minimum Gasteiger partial charge on any atom is -0.744 e. The number of carbonyl (C=O) groups is 1. The van der Waals surface area contributed by atoms with Crippen LogP contribution >= 0.6 is 0 Å². The van der Waals surface area contributed by atoms with Crippen LogP contribution in [0.2, 0.25) is 0 Å². The Bertz CT molecular complexity index is 569. The molecule has 0 aliphatic rings. The topological polar surface area (TPSA) is 83.5 Å². The van der Waals surface area contributed by atoms with Gasteiger partial charge in [-0.2, -0.15) is 0 Å². The molecule has 0 heterocycles. The molecule has 1 rings (SSSR count). The van der Waals surface area contributed by atoms with Crippen molar-refractivity contribution in [3.05, 3.63) is 23.8 Å². The Morgan fingerprint density at radius 2 is 1.90 bits per heavy atom. The molecule has 112 valence electrons. The number of hydrogen-bond acceptors (Lipinski definition) is 5. The predicted octanol–water partition coefficient (Wildman–Crippen LogP) is -0.357. The number of carbonyl (C=O) groups excluding carboxylic acids is 1. The predicted molar refractivity (Wildman–Crippen MR) is 73.6 cm³/mol. The number of esters is 1. The van der Waals surface area contributed by atoms with Crippen LogP contribution in [0.3, 0.4) is 0 Å². The first kappa shape index (κ1) is 20.6. The van der Waals surface area contributed by atoms with Crippen LogP contribution in [0, 0.1) is 0 Å². The second-order valence-corrected chi connectivity index (χ2v) is 5.87. The minimum absolute atomic E-state index is 0.